The zero-order chi connectivity index (χ0) is 14.3. The summed E-state index contributed by atoms with van der Waals surface area (Å²) in [7, 11) is 0. The molecule has 1 aromatic rings. The highest BCUT2D eigenvalue weighted by molar-refractivity contribution is 6.39. The van der Waals surface area contributed by atoms with Crippen molar-refractivity contribution >= 4 is 23.5 Å². The Kier molecular flexibility index (Phi) is 5.75. The van der Waals surface area contributed by atoms with Crippen LogP contribution in [0.5, 0.6) is 0 Å². The summed E-state index contributed by atoms with van der Waals surface area (Å²) in [6, 6.07) is 7.06. The average molecular weight is 263 g/mol. The molecule has 0 amide bonds. The summed E-state index contributed by atoms with van der Waals surface area (Å²) in [5.74, 6) is -1.54. The molecule has 1 atom stereocenters. The third kappa shape index (κ3) is 5.35. The number of carbonyl (C=O) groups is 2. The second-order valence-corrected chi connectivity index (χ2v) is 3.86. The molecule has 102 valence electrons. The van der Waals surface area contributed by atoms with Crippen LogP contribution in [0, 0.1) is 0 Å². The number of benzene rings is 1. The Balaban J connectivity index is 2.62. The first-order valence-corrected chi connectivity index (χ1v) is 5.96. The van der Waals surface area contributed by atoms with Crippen LogP contribution < -0.4 is 5.32 Å². The molecule has 1 aromatic carbocycles. The minimum Gasteiger partial charge on any atom is -0.460 e. The topological polar surface area (TPSA) is 75.6 Å². The van der Waals surface area contributed by atoms with E-state index < -0.39 is 18.0 Å². The van der Waals surface area contributed by atoms with Crippen molar-refractivity contribution in [2.45, 2.75) is 20.1 Å². The zero-order valence-corrected chi connectivity index (χ0v) is 10.9. The van der Waals surface area contributed by atoms with Gasteiger partial charge in [0.15, 0.2) is 0 Å². The van der Waals surface area contributed by atoms with Gasteiger partial charge in [-0.15, -0.1) is 0 Å². The summed E-state index contributed by atoms with van der Waals surface area (Å²) >= 11 is 0. The van der Waals surface area contributed by atoms with Crippen LogP contribution in [-0.2, 0) is 14.3 Å². The fourth-order valence-corrected chi connectivity index (χ4v) is 1.37. The van der Waals surface area contributed by atoms with Crippen LogP contribution in [0.25, 0.3) is 6.08 Å². The van der Waals surface area contributed by atoms with Crippen LogP contribution >= 0.6 is 0 Å². The fourth-order valence-electron chi connectivity index (χ4n) is 1.37. The quantitative estimate of drug-likeness (QED) is 0.353. The van der Waals surface area contributed by atoms with Gasteiger partial charge >= 0.3 is 5.97 Å². The second kappa shape index (κ2) is 7.33. The Hall–Kier alpha value is -2.14. The highest BCUT2D eigenvalue weighted by atomic mass is 16.5. The minimum atomic E-state index is -0.855. The van der Waals surface area contributed by atoms with E-state index in [0.29, 0.717) is 0 Å². The molecule has 0 heterocycles. The molecular formula is C14H17NO4. The lowest BCUT2D eigenvalue weighted by molar-refractivity contribution is -0.151. The smallest absolute Gasteiger partial charge is 0.379 e. The number of nitrogens with one attached hydrogen (secondary N) is 1. The number of carbonyl (C=O) groups excluding carboxylic acids is 2. The van der Waals surface area contributed by atoms with E-state index in [0.717, 1.165) is 11.3 Å². The Morgan fingerprint density at radius 1 is 1.37 bits per heavy atom. The van der Waals surface area contributed by atoms with E-state index in [1.54, 1.807) is 38.1 Å². The standard InChI is InChI=1S/C14H17NO4/c1-3-19-14(18)13(17)9-6-11-4-7-12(8-5-11)15-10(2)16/h4-10,15-16H,3H2,1-2H3/b9-6+. The molecule has 0 spiro atoms. The predicted molar refractivity (Wildman–Crippen MR) is 72.4 cm³/mol. The highest BCUT2D eigenvalue weighted by Crippen LogP contribution is 2.11. The first-order valence-electron chi connectivity index (χ1n) is 5.96. The molecule has 1 unspecified atom stereocenters. The number of hydrogen-bond acceptors (Lipinski definition) is 5. The molecule has 1 rings (SSSR count). The Morgan fingerprint density at radius 3 is 2.53 bits per heavy atom. The molecule has 0 aliphatic carbocycles. The molecule has 0 fully saturated rings. The molecular weight excluding hydrogens is 246 g/mol. The minimum absolute atomic E-state index is 0.179. The second-order valence-electron chi connectivity index (χ2n) is 3.86. The largest absolute Gasteiger partial charge is 0.460 e. The third-order valence-corrected chi connectivity index (χ3v) is 2.19. The number of ether oxygens (including phenoxy) is 1. The fraction of sp³-hybridized carbons (Fsp3) is 0.286. The van der Waals surface area contributed by atoms with Gasteiger partial charge in [-0.25, -0.2) is 4.79 Å². The maximum Gasteiger partial charge on any atom is 0.379 e. The summed E-state index contributed by atoms with van der Waals surface area (Å²) in [4.78, 5) is 22.4. The van der Waals surface area contributed by atoms with E-state index in [9.17, 15) is 9.59 Å². The Labute approximate surface area is 111 Å². The summed E-state index contributed by atoms with van der Waals surface area (Å²) in [6.45, 7) is 3.44. The highest BCUT2D eigenvalue weighted by Gasteiger charge is 2.09. The maximum absolute atomic E-state index is 11.3. The Morgan fingerprint density at radius 2 is 2.00 bits per heavy atom. The number of esters is 1. The monoisotopic (exact) mass is 263 g/mol. The maximum atomic E-state index is 11.3. The van der Waals surface area contributed by atoms with Crippen molar-refractivity contribution in [3.8, 4) is 0 Å². The lowest BCUT2D eigenvalue weighted by atomic mass is 10.2. The van der Waals surface area contributed by atoms with Crippen LogP contribution in [0.2, 0.25) is 0 Å². The molecule has 0 saturated heterocycles. The lowest BCUT2D eigenvalue weighted by Crippen LogP contribution is -2.14. The van der Waals surface area contributed by atoms with E-state index >= 15 is 0 Å². The number of aliphatic hydroxyl groups excluding tert-OH is 1. The molecule has 0 aromatic heterocycles. The molecule has 0 bridgehead atoms. The van der Waals surface area contributed by atoms with Crippen molar-refractivity contribution in [2.75, 3.05) is 11.9 Å². The number of ketones is 1. The van der Waals surface area contributed by atoms with Crippen LogP contribution in [0.4, 0.5) is 5.69 Å². The molecule has 0 aliphatic rings. The first kappa shape index (κ1) is 14.9. The van der Waals surface area contributed by atoms with Crippen LogP contribution in [0.15, 0.2) is 30.3 Å². The number of aliphatic hydroxyl groups is 1. The summed E-state index contributed by atoms with van der Waals surface area (Å²) < 4.78 is 4.58. The van der Waals surface area contributed by atoms with Crippen LogP contribution in [0.1, 0.15) is 19.4 Å². The van der Waals surface area contributed by atoms with Gasteiger partial charge in [-0.05, 0) is 37.6 Å². The van der Waals surface area contributed by atoms with Gasteiger partial charge in [-0.2, -0.15) is 0 Å². The van der Waals surface area contributed by atoms with Gasteiger partial charge in [0.2, 0.25) is 0 Å². The van der Waals surface area contributed by atoms with Crippen LogP contribution in [-0.4, -0.2) is 29.7 Å². The van der Waals surface area contributed by atoms with Gasteiger partial charge in [0.25, 0.3) is 5.78 Å². The number of hydrogen-bond donors (Lipinski definition) is 2. The molecule has 2 N–H and O–H groups in total. The van der Waals surface area contributed by atoms with E-state index in [1.165, 1.54) is 12.2 Å². The molecule has 0 aliphatic heterocycles. The third-order valence-electron chi connectivity index (χ3n) is 2.19. The van der Waals surface area contributed by atoms with Gasteiger partial charge < -0.3 is 15.2 Å². The molecule has 0 saturated carbocycles. The molecule has 0 radical (unpaired) electrons. The lowest BCUT2D eigenvalue weighted by Gasteiger charge is -2.08. The molecule has 19 heavy (non-hydrogen) atoms. The average Bonchev–Trinajstić information content (AvgIpc) is 2.37. The van der Waals surface area contributed by atoms with Crippen molar-refractivity contribution in [3.63, 3.8) is 0 Å². The van der Waals surface area contributed by atoms with E-state index in [2.05, 4.69) is 10.1 Å². The van der Waals surface area contributed by atoms with E-state index in [1.807, 2.05) is 0 Å². The molecule has 5 nitrogen and oxygen atoms in total. The van der Waals surface area contributed by atoms with Gasteiger partial charge in [0.05, 0.1) is 6.61 Å². The number of anilines is 1. The SMILES string of the molecule is CCOC(=O)C(=O)/C=C/c1ccc(NC(C)O)cc1. The van der Waals surface area contributed by atoms with Crippen LogP contribution in [0.3, 0.4) is 0 Å². The van der Waals surface area contributed by atoms with Gasteiger partial charge in [-0.3, -0.25) is 4.79 Å². The molecule has 5 heteroatoms. The van der Waals surface area contributed by atoms with Crippen molar-refractivity contribution < 1.29 is 19.4 Å². The Bertz CT molecular complexity index is 463. The number of rotatable bonds is 6. The summed E-state index contributed by atoms with van der Waals surface area (Å²) in [5, 5.41) is 12.0. The van der Waals surface area contributed by atoms with Crippen molar-refractivity contribution in [3.05, 3.63) is 35.9 Å². The summed E-state index contributed by atoms with van der Waals surface area (Å²) in [5.41, 5.74) is 1.54. The van der Waals surface area contributed by atoms with E-state index in [-0.39, 0.29) is 6.61 Å². The van der Waals surface area contributed by atoms with Crippen molar-refractivity contribution in [2.24, 2.45) is 0 Å². The van der Waals surface area contributed by atoms with Gasteiger partial charge in [0.1, 0.15) is 6.23 Å². The normalized spacial score (nSPS) is 12.2. The van der Waals surface area contributed by atoms with Gasteiger partial charge in [-0.1, -0.05) is 18.2 Å². The van der Waals surface area contributed by atoms with Crippen molar-refractivity contribution in [1.82, 2.24) is 0 Å². The van der Waals surface area contributed by atoms with Gasteiger partial charge in [0, 0.05) is 5.69 Å². The predicted octanol–water partition coefficient (Wildman–Crippen LogP) is 1.58. The zero-order valence-electron chi connectivity index (χ0n) is 10.9. The first-order chi connectivity index (χ1) is 9.02. The van der Waals surface area contributed by atoms with Crippen molar-refractivity contribution in [1.29, 1.82) is 0 Å². The van der Waals surface area contributed by atoms with E-state index in [4.69, 9.17) is 5.11 Å². The summed E-state index contributed by atoms with van der Waals surface area (Å²) in [6.07, 6.45) is 2.08.